The maximum absolute atomic E-state index is 11.6. The normalized spacial score (nSPS) is 20.0. The Bertz CT molecular complexity index is 1200. The van der Waals surface area contributed by atoms with E-state index in [1.54, 1.807) is 24.5 Å². The fourth-order valence-corrected chi connectivity index (χ4v) is 5.07. The monoisotopic (exact) mass is 482 g/mol. The lowest BCUT2D eigenvalue weighted by atomic mass is 9.79. The molecule has 1 fully saturated rings. The standard InChI is InChI=1S/C24H26N4O5S/c1-14-9-17(18-13-26-23(34-18)24(32)6-3-16(4-7-24)22(30)31)27-20(10-14)28-19-11-15(5-8-25-19)12-21(29)33-2/h5,8-11,13,16,32H,3-4,6-7,12H2,1-2H3,(H,30,31)(H,25,27,28)/t16-,24+. The second-order valence-corrected chi connectivity index (χ2v) is 9.55. The van der Waals surface area contributed by atoms with E-state index >= 15 is 0 Å². The Morgan fingerprint density at radius 2 is 1.97 bits per heavy atom. The van der Waals surface area contributed by atoms with Crippen molar-refractivity contribution in [2.75, 3.05) is 12.4 Å². The van der Waals surface area contributed by atoms with Crippen molar-refractivity contribution < 1.29 is 24.5 Å². The number of nitrogens with one attached hydrogen (secondary N) is 1. The van der Waals surface area contributed by atoms with Gasteiger partial charge in [-0.05, 0) is 68.0 Å². The third-order valence-electron chi connectivity index (χ3n) is 5.94. The van der Waals surface area contributed by atoms with Crippen LogP contribution in [0.15, 0.2) is 36.7 Å². The fraction of sp³-hybridized carbons (Fsp3) is 0.375. The van der Waals surface area contributed by atoms with Crippen LogP contribution in [0.5, 0.6) is 0 Å². The third-order valence-corrected chi connectivity index (χ3v) is 7.16. The second-order valence-electron chi connectivity index (χ2n) is 8.52. The minimum Gasteiger partial charge on any atom is -0.481 e. The zero-order valence-electron chi connectivity index (χ0n) is 18.9. The van der Waals surface area contributed by atoms with Gasteiger partial charge in [0.1, 0.15) is 22.2 Å². The summed E-state index contributed by atoms with van der Waals surface area (Å²) in [7, 11) is 1.35. The summed E-state index contributed by atoms with van der Waals surface area (Å²) in [5.41, 5.74) is 1.35. The zero-order chi connectivity index (χ0) is 24.3. The molecule has 0 unspecified atom stereocenters. The molecular weight excluding hydrogens is 456 g/mol. The highest BCUT2D eigenvalue weighted by Crippen LogP contribution is 2.42. The minimum absolute atomic E-state index is 0.153. The topological polar surface area (TPSA) is 135 Å². The number of carboxylic acids is 1. The number of carboxylic acid groups (broad SMARTS) is 1. The molecule has 0 atom stereocenters. The van der Waals surface area contributed by atoms with Crippen LogP contribution in [-0.2, 0) is 26.3 Å². The number of ether oxygens (including phenoxy) is 1. The lowest BCUT2D eigenvalue weighted by Gasteiger charge is -2.32. The van der Waals surface area contributed by atoms with E-state index in [4.69, 9.17) is 9.72 Å². The van der Waals surface area contributed by atoms with Crippen LogP contribution in [0.1, 0.15) is 41.8 Å². The fourth-order valence-electron chi connectivity index (χ4n) is 4.04. The van der Waals surface area contributed by atoms with Gasteiger partial charge in [-0.25, -0.2) is 15.0 Å². The number of aliphatic hydroxyl groups is 1. The lowest BCUT2D eigenvalue weighted by molar-refractivity contribution is -0.145. The molecule has 0 saturated heterocycles. The zero-order valence-corrected chi connectivity index (χ0v) is 19.8. The van der Waals surface area contributed by atoms with Gasteiger partial charge in [0.2, 0.25) is 0 Å². The van der Waals surface area contributed by atoms with Crippen LogP contribution in [0, 0.1) is 12.8 Å². The summed E-state index contributed by atoms with van der Waals surface area (Å²) in [6, 6.07) is 7.36. The Hall–Kier alpha value is -3.37. The first-order valence-electron chi connectivity index (χ1n) is 10.9. The predicted octanol–water partition coefficient (Wildman–Crippen LogP) is 3.83. The number of carbonyl (C=O) groups excluding carboxylic acids is 1. The van der Waals surface area contributed by atoms with Crippen LogP contribution in [0.4, 0.5) is 11.6 Å². The summed E-state index contributed by atoms with van der Waals surface area (Å²) in [4.78, 5) is 37.0. The highest BCUT2D eigenvalue weighted by Gasteiger charge is 2.39. The molecule has 9 nitrogen and oxygen atoms in total. The first-order valence-corrected chi connectivity index (χ1v) is 11.8. The molecule has 0 radical (unpaired) electrons. The molecule has 1 aliphatic rings. The van der Waals surface area contributed by atoms with Gasteiger partial charge in [-0.3, -0.25) is 9.59 Å². The summed E-state index contributed by atoms with van der Waals surface area (Å²) < 4.78 is 4.72. The van der Waals surface area contributed by atoms with Crippen LogP contribution < -0.4 is 5.32 Å². The maximum Gasteiger partial charge on any atom is 0.309 e. The molecule has 3 N–H and O–H groups in total. The van der Waals surface area contributed by atoms with E-state index in [1.807, 2.05) is 19.1 Å². The largest absolute Gasteiger partial charge is 0.481 e. The van der Waals surface area contributed by atoms with Crippen molar-refractivity contribution in [1.82, 2.24) is 15.0 Å². The molecule has 10 heteroatoms. The van der Waals surface area contributed by atoms with E-state index in [2.05, 4.69) is 15.3 Å². The van der Waals surface area contributed by atoms with Crippen LogP contribution >= 0.6 is 11.3 Å². The first-order chi connectivity index (χ1) is 16.3. The van der Waals surface area contributed by atoms with Crippen molar-refractivity contribution in [3.8, 4) is 10.6 Å². The highest BCUT2D eigenvalue weighted by atomic mass is 32.1. The molecule has 3 heterocycles. The SMILES string of the molecule is COC(=O)Cc1ccnc(Nc2cc(C)cc(-c3cnc([C@]4(O)CC[C@@H](C(=O)O)CC4)s3)n2)c1. The number of aliphatic carboxylic acids is 1. The van der Waals surface area contributed by atoms with Crippen LogP contribution in [0.3, 0.4) is 0 Å². The second kappa shape index (κ2) is 9.86. The molecule has 34 heavy (non-hydrogen) atoms. The molecule has 1 saturated carbocycles. The van der Waals surface area contributed by atoms with Gasteiger partial charge < -0.3 is 20.3 Å². The number of aryl methyl sites for hydroxylation is 1. The van der Waals surface area contributed by atoms with Gasteiger partial charge in [0.25, 0.3) is 0 Å². The molecule has 178 valence electrons. The molecule has 0 aromatic carbocycles. The molecule has 4 rings (SSSR count). The number of nitrogens with zero attached hydrogens (tertiary/aromatic N) is 3. The summed E-state index contributed by atoms with van der Waals surface area (Å²) in [5.74, 6) is -0.400. The van der Waals surface area contributed by atoms with E-state index < -0.39 is 17.5 Å². The van der Waals surface area contributed by atoms with Crippen molar-refractivity contribution in [2.45, 2.75) is 44.6 Å². The van der Waals surface area contributed by atoms with Gasteiger partial charge in [-0.1, -0.05) is 0 Å². The number of esters is 1. The number of thiazole rings is 1. The highest BCUT2D eigenvalue weighted by molar-refractivity contribution is 7.15. The van der Waals surface area contributed by atoms with Gasteiger partial charge in [0, 0.05) is 12.4 Å². The molecular formula is C24H26N4O5S. The Morgan fingerprint density at radius 3 is 2.68 bits per heavy atom. The number of hydrogen-bond donors (Lipinski definition) is 3. The van der Waals surface area contributed by atoms with Crippen molar-refractivity contribution in [3.63, 3.8) is 0 Å². The average Bonchev–Trinajstić information content (AvgIpc) is 3.30. The smallest absolute Gasteiger partial charge is 0.309 e. The summed E-state index contributed by atoms with van der Waals surface area (Å²) in [5, 5.41) is 24.1. The Balaban J connectivity index is 1.52. The van der Waals surface area contributed by atoms with Gasteiger partial charge in [0.05, 0.1) is 30.0 Å². The number of carbonyl (C=O) groups is 2. The number of aromatic nitrogens is 3. The van der Waals surface area contributed by atoms with Crippen LogP contribution in [0.25, 0.3) is 10.6 Å². The van der Waals surface area contributed by atoms with Gasteiger partial charge >= 0.3 is 11.9 Å². The maximum atomic E-state index is 11.6. The summed E-state index contributed by atoms with van der Waals surface area (Å²) >= 11 is 1.37. The number of hydrogen-bond acceptors (Lipinski definition) is 9. The molecule has 0 amide bonds. The first kappa shape index (κ1) is 23.8. The van der Waals surface area contributed by atoms with Crippen molar-refractivity contribution in [2.24, 2.45) is 5.92 Å². The number of rotatable bonds is 7. The number of methoxy groups -OCH3 is 1. The van der Waals surface area contributed by atoms with Gasteiger partial charge in [-0.15, -0.1) is 11.3 Å². The van der Waals surface area contributed by atoms with E-state index in [0.717, 1.165) is 16.0 Å². The molecule has 0 spiro atoms. The predicted molar refractivity (Wildman–Crippen MR) is 127 cm³/mol. The van der Waals surface area contributed by atoms with Crippen molar-refractivity contribution in [1.29, 1.82) is 0 Å². The van der Waals surface area contributed by atoms with E-state index in [-0.39, 0.29) is 12.4 Å². The van der Waals surface area contributed by atoms with E-state index in [1.165, 1.54) is 18.4 Å². The molecule has 1 aliphatic carbocycles. The number of anilines is 2. The summed E-state index contributed by atoms with van der Waals surface area (Å²) in [6.07, 6.45) is 5.07. The van der Waals surface area contributed by atoms with E-state index in [0.29, 0.717) is 48.0 Å². The Morgan fingerprint density at radius 1 is 1.21 bits per heavy atom. The Kier molecular flexibility index (Phi) is 6.90. The van der Waals surface area contributed by atoms with Crippen LogP contribution in [-0.4, -0.2) is 44.2 Å². The number of pyridine rings is 2. The molecule has 3 aromatic heterocycles. The minimum atomic E-state index is -1.11. The van der Waals surface area contributed by atoms with E-state index in [9.17, 15) is 19.8 Å². The molecule has 3 aromatic rings. The Labute approximate surface area is 200 Å². The third kappa shape index (κ3) is 5.40. The van der Waals surface area contributed by atoms with Crippen molar-refractivity contribution in [3.05, 3.63) is 52.8 Å². The molecule has 0 aliphatic heterocycles. The molecule has 0 bridgehead atoms. The van der Waals surface area contributed by atoms with Gasteiger partial charge in [0.15, 0.2) is 0 Å². The average molecular weight is 483 g/mol. The van der Waals surface area contributed by atoms with Gasteiger partial charge in [-0.2, -0.15) is 0 Å². The summed E-state index contributed by atoms with van der Waals surface area (Å²) in [6.45, 7) is 1.96. The van der Waals surface area contributed by atoms with Crippen LogP contribution in [0.2, 0.25) is 0 Å². The lowest BCUT2D eigenvalue weighted by Crippen LogP contribution is -2.33. The quantitative estimate of drug-likeness (QED) is 0.429. The van der Waals surface area contributed by atoms with Crippen molar-refractivity contribution >= 4 is 34.9 Å².